The minimum atomic E-state index is 0.438. The monoisotopic (exact) mass is 171 g/mol. The molecule has 65 valence electrons. The van der Waals surface area contributed by atoms with Crippen LogP contribution in [0, 0.1) is 6.07 Å². The number of rotatable bonds is 1. The fourth-order valence-corrected chi connectivity index (χ4v) is 1.47. The Morgan fingerprint density at radius 3 is 2.85 bits per heavy atom. The van der Waals surface area contributed by atoms with E-state index >= 15 is 0 Å². The Morgan fingerprint density at radius 1 is 1.23 bits per heavy atom. The molecule has 2 aromatic carbocycles. The van der Waals surface area contributed by atoms with Gasteiger partial charge in [0.1, 0.15) is 0 Å². The fourth-order valence-electron chi connectivity index (χ4n) is 1.47. The molecule has 1 nitrogen and oxygen atoms in total. The summed E-state index contributed by atoms with van der Waals surface area (Å²) in [6, 6.07) is 13.3. The van der Waals surface area contributed by atoms with Crippen molar-refractivity contribution in [2.45, 2.75) is 0 Å². The molecule has 0 atom stereocenters. The highest BCUT2D eigenvalue weighted by molar-refractivity contribution is 5.93. The molecule has 0 aliphatic heterocycles. The van der Waals surface area contributed by atoms with Crippen molar-refractivity contribution in [2.24, 2.45) is 0 Å². The van der Waals surface area contributed by atoms with E-state index in [-0.39, 0.29) is 0 Å². The predicted molar refractivity (Wildman–Crippen MR) is 57.1 cm³/mol. The molecular formula is C12H12N. The van der Waals surface area contributed by atoms with Crippen LogP contribution in [0.4, 0.5) is 5.69 Å². The zero-order chi connectivity index (χ0) is 10.1. The van der Waals surface area contributed by atoms with E-state index in [1.165, 1.54) is 5.69 Å². The molecule has 2 aromatic rings. The molecule has 0 aliphatic carbocycles. The van der Waals surface area contributed by atoms with Crippen LogP contribution < -0.4 is 4.90 Å². The van der Waals surface area contributed by atoms with Crippen LogP contribution in [0.2, 0.25) is 0 Å². The first kappa shape index (κ1) is 6.96. The van der Waals surface area contributed by atoms with Crippen molar-refractivity contribution < 1.29 is 1.37 Å². The topological polar surface area (TPSA) is 3.24 Å². The number of benzene rings is 2. The summed E-state index contributed by atoms with van der Waals surface area (Å²) in [6.07, 6.45) is 0. The first-order valence-corrected chi connectivity index (χ1v) is 4.27. The average molecular weight is 171 g/mol. The molecule has 0 N–H and O–H groups in total. The third-order valence-electron chi connectivity index (χ3n) is 2.11. The van der Waals surface area contributed by atoms with Gasteiger partial charge in [0.15, 0.2) is 0 Å². The second kappa shape index (κ2) is 3.09. The maximum atomic E-state index is 7.49. The second-order valence-electron chi connectivity index (χ2n) is 3.24. The number of fused-ring (bicyclic) bond motifs is 1. The lowest BCUT2D eigenvalue weighted by atomic mass is 10.1. The van der Waals surface area contributed by atoms with Gasteiger partial charge in [-0.3, -0.25) is 0 Å². The van der Waals surface area contributed by atoms with E-state index in [1.807, 2.05) is 32.3 Å². The van der Waals surface area contributed by atoms with Gasteiger partial charge in [-0.25, -0.2) is 0 Å². The quantitative estimate of drug-likeness (QED) is 0.637. The highest BCUT2D eigenvalue weighted by Crippen LogP contribution is 2.24. The van der Waals surface area contributed by atoms with Gasteiger partial charge < -0.3 is 4.90 Å². The summed E-state index contributed by atoms with van der Waals surface area (Å²) in [5, 5.41) is 2.15. The van der Waals surface area contributed by atoms with Crippen molar-refractivity contribution >= 4 is 16.5 Å². The van der Waals surface area contributed by atoms with Crippen LogP contribution in [-0.2, 0) is 0 Å². The Kier molecular flexibility index (Phi) is 1.66. The SMILES string of the molecule is [2H]c1[c]c2cccc(N(C)C)c2cc1. The Morgan fingerprint density at radius 2 is 2.08 bits per heavy atom. The molecule has 0 heterocycles. The molecule has 1 radical (unpaired) electrons. The van der Waals surface area contributed by atoms with Gasteiger partial charge in [0.2, 0.25) is 0 Å². The largest absolute Gasteiger partial charge is 0.377 e. The number of hydrogen-bond donors (Lipinski definition) is 0. The van der Waals surface area contributed by atoms with Crippen LogP contribution in [0.5, 0.6) is 0 Å². The van der Waals surface area contributed by atoms with Gasteiger partial charge in [0.05, 0.1) is 1.37 Å². The molecule has 0 unspecified atom stereocenters. The molecule has 0 saturated heterocycles. The average Bonchev–Trinajstić information content (AvgIpc) is 2.16. The summed E-state index contributed by atoms with van der Waals surface area (Å²) in [6.45, 7) is 0. The smallest absolute Gasteiger partial charge is 0.0629 e. The van der Waals surface area contributed by atoms with Crippen LogP contribution in [0.15, 0.2) is 36.4 Å². The minimum absolute atomic E-state index is 0.438. The lowest BCUT2D eigenvalue weighted by Crippen LogP contribution is -2.08. The van der Waals surface area contributed by atoms with Gasteiger partial charge in [-0.05, 0) is 17.5 Å². The third kappa shape index (κ3) is 1.37. The zero-order valence-corrected chi connectivity index (χ0v) is 7.83. The number of anilines is 1. The van der Waals surface area contributed by atoms with Crippen molar-refractivity contribution in [1.29, 1.82) is 0 Å². The molecule has 0 saturated carbocycles. The summed E-state index contributed by atoms with van der Waals surface area (Å²) in [7, 11) is 4.03. The first-order chi connectivity index (χ1) is 6.68. The highest BCUT2D eigenvalue weighted by Gasteiger charge is 2.00. The maximum absolute atomic E-state index is 7.49. The zero-order valence-electron chi connectivity index (χ0n) is 8.83. The van der Waals surface area contributed by atoms with Crippen LogP contribution in [0.1, 0.15) is 1.37 Å². The Balaban J connectivity index is 2.75. The number of hydrogen-bond acceptors (Lipinski definition) is 1. The van der Waals surface area contributed by atoms with Gasteiger partial charge in [-0.1, -0.05) is 30.3 Å². The standard InChI is InChI=1S/C12H12N/c1-13(2)12-9-5-7-10-6-3-4-8-11(10)12/h3-5,7-9H,1-2H3/i3D. The molecule has 0 fully saturated rings. The van der Waals surface area contributed by atoms with E-state index in [0.717, 1.165) is 10.8 Å². The summed E-state index contributed by atoms with van der Waals surface area (Å²) < 4.78 is 7.49. The normalized spacial score (nSPS) is 11.4. The Hall–Kier alpha value is -1.50. The van der Waals surface area contributed by atoms with E-state index in [1.54, 1.807) is 6.07 Å². The summed E-state index contributed by atoms with van der Waals surface area (Å²) in [5.74, 6) is 0. The molecule has 0 bridgehead atoms. The predicted octanol–water partition coefficient (Wildman–Crippen LogP) is 2.71. The van der Waals surface area contributed by atoms with Crippen molar-refractivity contribution in [2.75, 3.05) is 19.0 Å². The molecule has 13 heavy (non-hydrogen) atoms. The van der Waals surface area contributed by atoms with Crippen molar-refractivity contribution in [3.8, 4) is 0 Å². The van der Waals surface area contributed by atoms with E-state index < -0.39 is 0 Å². The molecule has 0 spiro atoms. The van der Waals surface area contributed by atoms with Crippen molar-refractivity contribution in [1.82, 2.24) is 0 Å². The molecular weight excluding hydrogens is 158 g/mol. The molecule has 0 aromatic heterocycles. The van der Waals surface area contributed by atoms with Crippen LogP contribution in [-0.4, -0.2) is 14.1 Å². The van der Waals surface area contributed by atoms with Crippen molar-refractivity contribution in [3.05, 3.63) is 42.4 Å². The highest BCUT2D eigenvalue weighted by atomic mass is 15.1. The van der Waals surface area contributed by atoms with Gasteiger partial charge in [0, 0.05) is 25.2 Å². The van der Waals surface area contributed by atoms with Gasteiger partial charge >= 0.3 is 0 Å². The lowest BCUT2D eigenvalue weighted by Gasteiger charge is -2.14. The first-order valence-electron chi connectivity index (χ1n) is 4.77. The Bertz CT molecular complexity index is 463. The summed E-state index contributed by atoms with van der Waals surface area (Å²) >= 11 is 0. The van der Waals surface area contributed by atoms with Crippen molar-refractivity contribution in [3.63, 3.8) is 0 Å². The van der Waals surface area contributed by atoms with E-state index in [9.17, 15) is 0 Å². The molecule has 0 aliphatic rings. The fraction of sp³-hybridized carbons (Fsp3) is 0.167. The van der Waals surface area contributed by atoms with Crippen LogP contribution in [0.3, 0.4) is 0 Å². The van der Waals surface area contributed by atoms with Crippen LogP contribution >= 0.6 is 0 Å². The number of nitrogens with zero attached hydrogens (tertiary/aromatic N) is 1. The van der Waals surface area contributed by atoms with Crippen LogP contribution in [0.25, 0.3) is 10.8 Å². The van der Waals surface area contributed by atoms with E-state index in [0.29, 0.717) is 6.04 Å². The summed E-state index contributed by atoms with van der Waals surface area (Å²) in [5.41, 5.74) is 1.17. The maximum Gasteiger partial charge on any atom is 0.0629 e. The Labute approximate surface area is 80.0 Å². The van der Waals surface area contributed by atoms with E-state index in [2.05, 4.69) is 17.0 Å². The van der Waals surface area contributed by atoms with Gasteiger partial charge in [0.25, 0.3) is 0 Å². The second-order valence-corrected chi connectivity index (χ2v) is 3.24. The molecule has 0 amide bonds. The molecule has 1 heteroatoms. The van der Waals surface area contributed by atoms with Gasteiger partial charge in [-0.2, -0.15) is 0 Å². The minimum Gasteiger partial charge on any atom is -0.377 e. The molecule has 2 rings (SSSR count). The lowest BCUT2D eigenvalue weighted by molar-refractivity contribution is 1.14. The van der Waals surface area contributed by atoms with Gasteiger partial charge in [-0.15, -0.1) is 0 Å². The third-order valence-corrected chi connectivity index (χ3v) is 2.11. The summed E-state index contributed by atoms with van der Waals surface area (Å²) in [4.78, 5) is 2.07. The van der Waals surface area contributed by atoms with E-state index in [4.69, 9.17) is 1.37 Å².